The second-order valence-corrected chi connectivity index (χ2v) is 4.64. The lowest BCUT2D eigenvalue weighted by molar-refractivity contribution is 0.469. The van der Waals surface area contributed by atoms with Gasteiger partial charge in [-0.1, -0.05) is 33.3 Å². The highest BCUT2D eigenvalue weighted by atomic mass is 79.9. The molecule has 0 bridgehead atoms. The van der Waals surface area contributed by atoms with Crippen LogP contribution in [0.5, 0.6) is 0 Å². The Morgan fingerprint density at radius 2 is 2.06 bits per heavy atom. The van der Waals surface area contributed by atoms with Crippen molar-refractivity contribution >= 4 is 15.9 Å². The highest BCUT2D eigenvalue weighted by Crippen LogP contribution is 2.22. The largest absolute Gasteiger partial charge is 0.439 e. The average Bonchev–Trinajstić information content (AvgIpc) is 3.02. The second kappa shape index (κ2) is 4.73. The maximum absolute atomic E-state index is 5.67. The van der Waals surface area contributed by atoms with E-state index in [1.54, 1.807) is 23.3 Å². The first-order valence-electron chi connectivity index (χ1n) is 5.36. The van der Waals surface area contributed by atoms with Crippen LogP contribution < -0.4 is 0 Å². The molecule has 0 saturated carbocycles. The van der Waals surface area contributed by atoms with Crippen LogP contribution in [-0.2, 0) is 6.54 Å². The van der Waals surface area contributed by atoms with Crippen LogP contribution in [0.15, 0.2) is 51.7 Å². The summed E-state index contributed by atoms with van der Waals surface area (Å²) < 4.78 is 8.37. The van der Waals surface area contributed by atoms with Gasteiger partial charge in [0.1, 0.15) is 6.54 Å². The number of oxazole rings is 1. The third-order valence-electron chi connectivity index (χ3n) is 2.45. The molecule has 6 heteroatoms. The zero-order valence-corrected chi connectivity index (χ0v) is 10.9. The zero-order valence-electron chi connectivity index (χ0n) is 9.32. The summed E-state index contributed by atoms with van der Waals surface area (Å²) in [6.45, 7) is 0.483. The summed E-state index contributed by atoms with van der Waals surface area (Å²) in [5, 5.41) is 7.60. The number of hydrogen-bond donors (Lipinski definition) is 0. The summed E-state index contributed by atoms with van der Waals surface area (Å²) in [7, 11) is 0. The molecule has 0 radical (unpaired) electrons. The van der Waals surface area contributed by atoms with Gasteiger partial charge in [0.15, 0.2) is 5.76 Å². The van der Waals surface area contributed by atoms with E-state index in [-0.39, 0.29) is 0 Å². The maximum atomic E-state index is 5.67. The first-order chi connectivity index (χ1) is 8.81. The van der Waals surface area contributed by atoms with E-state index in [0.717, 1.165) is 15.8 Å². The fourth-order valence-corrected chi connectivity index (χ4v) is 1.85. The Bertz CT molecular complexity index is 630. The molecular weight excluding hydrogens is 296 g/mol. The number of nitrogens with zero attached hydrogens (tertiary/aromatic N) is 4. The first-order valence-corrected chi connectivity index (χ1v) is 6.15. The van der Waals surface area contributed by atoms with E-state index < -0.39 is 0 Å². The van der Waals surface area contributed by atoms with Crippen LogP contribution in [0, 0.1) is 0 Å². The van der Waals surface area contributed by atoms with Gasteiger partial charge in [0, 0.05) is 16.2 Å². The fraction of sp³-hybridized carbons (Fsp3) is 0.0833. The molecule has 0 N–H and O–H groups in total. The Labute approximate surface area is 112 Å². The van der Waals surface area contributed by atoms with Crippen molar-refractivity contribution < 1.29 is 4.42 Å². The molecule has 0 spiro atoms. The molecule has 2 aromatic heterocycles. The minimum absolute atomic E-state index is 0.483. The predicted molar refractivity (Wildman–Crippen MR) is 68.8 cm³/mol. The monoisotopic (exact) mass is 304 g/mol. The van der Waals surface area contributed by atoms with Crippen molar-refractivity contribution in [3.63, 3.8) is 0 Å². The molecule has 18 heavy (non-hydrogen) atoms. The summed E-state index contributed by atoms with van der Waals surface area (Å²) >= 11 is 3.40. The summed E-state index contributed by atoms with van der Waals surface area (Å²) in [6.07, 6.45) is 5.11. The van der Waals surface area contributed by atoms with E-state index >= 15 is 0 Å². The molecule has 3 aromatic rings. The molecule has 1 aromatic carbocycles. The molecule has 0 fully saturated rings. The normalized spacial score (nSPS) is 10.7. The predicted octanol–water partition coefficient (Wildman–Crippen LogP) is 2.74. The molecule has 3 rings (SSSR count). The van der Waals surface area contributed by atoms with E-state index in [2.05, 4.69) is 31.2 Å². The molecule has 0 saturated heterocycles. The van der Waals surface area contributed by atoms with Crippen LogP contribution in [0.1, 0.15) is 5.89 Å². The molecule has 0 unspecified atom stereocenters. The topological polar surface area (TPSA) is 56.7 Å². The van der Waals surface area contributed by atoms with Crippen LogP contribution in [0.4, 0.5) is 0 Å². The number of hydrogen-bond acceptors (Lipinski definition) is 4. The number of halogens is 1. The third-order valence-corrected chi connectivity index (χ3v) is 2.98. The second-order valence-electron chi connectivity index (χ2n) is 3.73. The van der Waals surface area contributed by atoms with Gasteiger partial charge >= 0.3 is 0 Å². The van der Waals surface area contributed by atoms with Crippen LogP contribution in [0.3, 0.4) is 0 Å². The minimum atomic E-state index is 0.483. The lowest BCUT2D eigenvalue weighted by Gasteiger charge is -1.97. The van der Waals surface area contributed by atoms with Gasteiger partial charge in [-0.3, -0.25) is 0 Å². The summed E-state index contributed by atoms with van der Waals surface area (Å²) in [6, 6.07) is 7.89. The molecule has 0 aliphatic carbocycles. The summed E-state index contributed by atoms with van der Waals surface area (Å²) in [5.74, 6) is 1.36. The van der Waals surface area contributed by atoms with E-state index in [0.29, 0.717) is 12.4 Å². The van der Waals surface area contributed by atoms with E-state index in [1.807, 2.05) is 24.3 Å². The van der Waals surface area contributed by atoms with Crippen LogP contribution >= 0.6 is 15.9 Å². The zero-order chi connectivity index (χ0) is 12.4. The number of aromatic nitrogens is 4. The summed E-state index contributed by atoms with van der Waals surface area (Å²) in [4.78, 5) is 4.22. The molecule has 0 atom stereocenters. The van der Waals surface area contributed by atoms with E-state index in [9.17, 15) is 0 Å². The Morgan fingerprint density at radius 3 is 2.78 bits per heavy atom. The van der Waals surface area contributed by atoms with Gasteiger partial charge in [-0.2, -0.15) is 0 Å². The van der Waals surface area contributed by atoms with Crippen molar-refractivity contribution in [1.82, 2.24) is 20.0 Å². The molecule has 0 amide bonds. The number of benzene rings is 1. The third kappa shape index (κ3) is 2.33. The van der Waals surface area contributed by atoms with Crippen LogP contribution in [0.25, 0.3) is 11.3 Å². The van der Waals surface area contributed by atoms with Crippen molar-refractivity contribution in [2.45, 2.75) is 6.54 Å². The van der Waals surface area contributed by atoms with Crippen molar-refractivity contribution in [2.75, 3.05) is 0 Å². The maximum Gasteiger partial charge on any atom is 0.216 e. The average molecular weight is 305 g/mol. The fourth-order valence-electron chi connectivity index (χ4n) is 1.59. The van der Waals surface area contributed by atoms with Gasteiger partial charge in [-0.25, -0.2) is 9.67 Å². The molecule has 90 valence electrons. The standard InChI is InChI=1S/C12H9BrN4O/c13-10-3-1-9(2-4-10)11-7-14-12(18-11)8-17-6-5-15-16-17/h1-7H,8H2. The van der Waals surface area contributed by atoms with Gasteiger partial charge in [0.05, 0.1) is 12.4 Å². The van der Waals surface area contributed by atoms with Crippen molar-refractivity contribution in [3.8, 4) is 11.3 Å². The molecule has 2 heterocycles. The smallest absolute Gasteiger partial charge is 0.216 e. The Morgan fingerprint density at radius 1 is 1.22 bits per heavy atom. The Balaban J connectivity index is 1.83. The Kier molecular flexibility index (Phi) is 2.93. The van der Waals surface area contributed by atoms with Gasteiger partial charge in [-0.05, 0) is 12.1 Å². The van der Waals surface area contributed by atoms with Gasteiger partial charge < -0.3 is 4.42 Å². The molecule has 0 aliphatic heterocycles. The van der Waals surface area contributed by atoms with Crippen LogP contribution in [0.2, 0.25) is 0 Å². The quantitative estimate of drug-likeness (QED) is 0.746. The molecular formula is C12H9BrN4O. The van der Waals surface area contributed by atoms with E-state index in [4.69, 9.17) is 4.42 Å². The van der Waals surface area contributed by atoms with Crippen LogP contribution in [-0.4, -0.2) is 20.0 Å². The number of rotatable bonds is 3. The summed E-state index contributed by atoms with van der Waals surface area (Å²) in [5.41, 5.74) is 0.996. The van der Waals surface area contributed by atoms with Gasteiger partial charge in [-0.15, -0.1) is 5.10 Å². The van der Waals surface area contributed by atoms with E-state index in [1.165, 1.54) is 0 Å². The molecule has 5 nitrogen and oxygen atoms in total. The highest BCUT2D eigenvalue weighted by Gasteiger charge is 2.07. The lowest BCUT2D eigenvalue weighted by atomic mass is 10.2. The van der Waals surface area contributed by atoms with Crippen molar-refractivity contribution in [3.05, 3.63) is 53.2 Å². The van der Waals surface area contributed by atoms with Crippen molar-refractivity contribution in [2.24, 2.45) is 0 Å². The van der Waals surface area contributed by atoms with Gasteiger partial charge in [0.25, 0.3) is 0 Å². The highest BCUT2D eigenvalue weighted by molar-refractivity contribution is 9.10. The first kappa shape index (κ1) is 11.2. The SMILES string of the molecule is Brc1ccc(-c2cnc(Cn3ccnn3)o2)cc1. The van der Waals surface area contributed by atoms with Gasteiger partial charge in [0.2, 0.25) is 5.89 Å². The lowest BCUT2D eigenvalue weighted by Crippen LogP contribution is -2.00. The van der Waals surface area contributed by atoms with Crippen molar-refractivity contribution in [1.29, 1.82) is 0 Å². The molecule has 0 aliphatic rings. The Hall–Kier alpha value is -1.95. The minimum Gasteiger partial charge on any atom is -0.439 e.